The van der Waals surface area contributed by atoms with Crippen LogP contribution in [0.4, 0.5) is 5.69 Å². The number of carbonyl (C=O) groups is 1. The molecule has 1 amide bonds. The van der Waals surface area contributed by atoms with E-state index in [0.717, 1.165) is 36.3 Å². The number of carbonyl (C=O) groups excluding carboxylic acids is 1. The molecular weight excluding hydrogens is 357 g/mol. The van der Waals surface area contributed by atoms with Crippen molar-refractivity contribution in [2.45, 2.75) is 40.2 Å². The highest BCUT2D eigenvalue weighted by Gasteiger charge is 2.14. The molecule has 1 aromatic rings. The molecule has 1 unspecified atom stereocenters. The zero-order chi connectivity index (χ0) is 16.8. The molecule has 1 aliphatic heterocycles. The van der Waals surface area contributed by atoms with Crippen LogP contribution in [-0.2, 0) is 0 Å². The van der Waals surface area contributed by atoms with Gasteiger partial charge in [-0.3, -0.25) is 4.79 Å². The maximum absolute atomic E-state index is 12.5. The number of halogens is 2. The first-order chi connectivity index (χ1) is 11.0. The lowest BCUT2D eigenvalue weighted by Gasteiger charge is -2.21. The Labute approximate surface area is 164 Å². The summed E-state index contributed by atoms with van der Waals surface area (Å²) in [7, 11) is 0. The largest absolute Gasteiger partial charge is 0.382 e. The smallest absolute Gasteiger partial charge is 0.251 e. The van der Waals surface area contributed by atoms with Crippen LogP contribution in [0.2, 0.25) is 0 Å². The monoisotopic (exact) mass is 387 g/mol. The minimum Gasteiger partial charge on any atom is -0.382 e. The molecule has 6 heteroatoms. The summed E-state index contributed by atoms with van der Waals surface area (Å²) in [4.78, 5) is 12.5. The molecule has 0 bridgehead atoms. The van der Waals surface area contributed by atoms with Gasteiger partial charge in [-0.05, 0) is 50.4 Å². The standard InChI is InChI=1S/C19H29N3O.2ClH/c1-13(2)15(4)22-18-7-5-6-17(14(18)3)19(23)21-12-16-8-10-20-11-9-16;;/h5-8,13,15,20,22H,9-12H2,1-4H3,(H,21,23);2*1H. The van der Waals surface area contributed by atoms with Crippen LogP contribution in [0.25, 0.3) is 0 Å². The van der Waals surface area contributed by atoms with Gasteiger partial charge in [-0.15, -0.1) is 24.8 Å². The fraction of sp³-hybridized carbons (Fsp3) is 0.526. The van der Waals surface area contributed by atoms with Gasteiger partial charge in [0.1, 0.15) is 0 Å². The van der Waals surface area contributed by atoms with Crippen molar-refractivity contribution in [2.24, 2.45) is 5.92 Å². The number of anilines is 1. The van der Waals surface area contributed by atoms with Gasteiger partial charge >= 0.3 is 0 Å². The second-order valence-electron chi connectivity index (χ2n) is 6.65. The molecule has 4 nitrogen and oxygen atoms in total. The molecule has 142 valence electrons. The van der Waals surface area contributed by atoms with Crippen molar-refractivity contribution in [2.75, 3.05) is 25.0 Å². The molecule has 0 fully saturated rings. The topological polar surface area (TPSA) is 53.2 Å². The minimum absolute atomic E-state index is 0. The van der Waals surface area contributed by atoms with E-state index in [-0.39, 0.29) is 30.7 Å². The molecule has 0 radical (unpaired) electrons. The summed E-state index contributed by atoms with van der Waals surface area (Å²) < 4.78 is 0. The molecule has 1 aromatic carbocycles. The Kier molecular flexibility index (Phi) is 10.8. The zero-order valence-corrected chi connectivity index (χ0v) is 17.2. The summed E-state index contributed by atoms with van der Waals surface area (Å²) >= 11 is 0. The van der Waals surface area contributed by atoms with Crippen molar-refractivity contribution in [3.8, 4) is 0 Å². The molecule has 1 heterocycles. The minimum atomic E-state index is 0. The van der Waals surface area contributed by atoms with Gasteiger partial charge in [0.2, 0.25) is 0 Å². The van der Waals surface area contributed by atoms with Gasteiger partial charge in [0.15, 0.2) is 0 Å². The van der Waals surface area contributed by atoms with Gasteiger partial charge in [-0.1, -0.05) is 31.6 Å². The number of nitrogens with one attached hydrogen (secondary N) is 3. The van der Waals surface area contributed by atoms with E-state index in [2.05, 4.69) is 42.8 Å². The Morgan fingerprint density at radius 1 is 1.24 bits per heavy atom. The molecule has 0 saturated heterocycles. The van der Waals surface area contributed by atoms with Gasteiger partial charge in [-0.25, -0.2) is 0 Å². The zero-order valence-electron chi connectivity index (χ0n) is 15.5. The molecular formula is C19H31Cl2N3O. The maximum atomic E-state index is 12.5. The molecule has 0 aliphatic carbocycles. The van der Waals surface area contributed by atoms with E-state index >= 15 is 0 Å². The Morgan fingerprint density at radius 3 is 2.56 bits per heavy atom. The molecule has 1 atom stereocenters. The van der Waals surface area contributed by atoms with Crippen LogP contribution < -0.4 is 16.0 Å². The van der Waals surface area contributed by atoms with Crippen molar-refractivity contribution >= 4 is 36.4 Å². The summed E-state index contributed by atoms with van der Waals surface area (Å²) in [6.07, 6.45) is 3.17. The van der Waals surface area contributed by atoms with Crippen LogP contribution in [0.15, 0.2) is 29.8 Å². The molecule has 1 aliphatic rings. The van der Waals surface area contributed by atoms with Gasteiger partial charge in [0.25, 0.3) is 5.91 Å². The summed E-state index contributed by atoms with van der Waals surface area (Å²) in [5.74, 6) is 0.543. The lowest BCUT2D eigenvalue weighted by atomic mass is 10.0. The molecule has 25 heavy (non-hydrogen) atoms. The third-order valence-corrected chi connectivity index (χ3v) is 4.60. The van der Waals surface area contributed by atoms with Gasteiger partial charge < -0.3 is 16.0 Å². The second-order valence-corrected chi connectivity index (χ2v) is 6.65. The van der Waals surface area contributed by atoms with E-state index in [1.807, 2.05) is 25.1 Å². The maximum Gasteiger partial charge on any atom is 0.251 e. The van der Waals surface area contributed by atoms with E-state index < -0.39 is 0 Å². The van der Waals surface area contributed by atoms with Crippen LogP contribution in [0, 0.1) is 12.8 Å². The van der Waals surface area contributed by atoms with Crippen molar-refractivity contribution < 1.29 is 4.79 Å². The molecule has 0 aromatic heterocycles. The Hall–Kier alpha value is -1.23. The van der Waals surface area contributed by atoms with E-state index in [0.29, 0.717) is 18.5 Å². The second kappa shape index (κ2) is 11.4. The van der Waals surface area contributed by atoms with Crippen LogP contribution in [-0.4, -0.2) is 31.6 Å². The van der Waals surface area contributed by atoms with E-state index in [1.54, 1.807) is 0 Å². The number of hydrogen-bond acceptors (Lipinski definition) is 3. The summed E-state index contributed by atoms with van der Waals surface area (Å²) in [6.45, 7) is 11.1. The van der Waals surface area contributed by atoms with E-state index in [9.17, 15) is 4.79 Å². The lowest BCUT2D eigenvalue weighted by Crippen LogP contribution is -2.30. The third-order valence-electron chi connectivity index (χ3n) is 4.60. The normalized spacial score (nSPS) is 14.7. The quantitative estimate of drug-likeness (QED) is 0.647. The fourth-order valence-corrected chi connectivity index (χ4v) is 2.57. The molecule has 3 N–H and O–H groups in total. The van der Waals surface area contributed by atoms with E-state index in [4.69, 9.17) is 0 Å². The van der Waals surface area contributed by atoms with Gasteiger partial charge in [-0.2, -0.15) is 0 Å². The Balaban J connectivity index is 0.00000288. The SMILES string of the molecule is Cc1c(NC(C)C(C)C)cccc1C(=O)NCC1=CCNCC1.Cl.Cl. The Bertz CT molecular complexity index is 588. The van der Waals surface area contributed by atoms with E-state index in [1.165, 1.54) is 5.57 Å². The first kappa shape index (κ1) is 23.8. The number of hydrogen-bond donors (Lipinski definition) is 3. The highest BCUT2D eigenvalue weighted by atomic mass is 35.5. The predicted octanol–water partition coefficient (Wildman–Crippen LogP) is 3.94. The Morgan fingerprint density at radius 2 is 1.96 bits per heavy atom. The average Bonchev–Trinajstić information content (AvgIpc) is 2.55. The fourth-order valence-electron chi connectivity index (χ4n) is 2.57. The average molecular weight is 388 g/mol. The highest BCUT2D eigenvalue weighted by Crippen LogP contribution is 2.21. The van der Waals surface area contributed by atoms with Crippen LogP contribution in [0.5, 0.6) is 0 Å². The predicted molar refractivity (Wildman–Crippen MR) is 112 cm³/mol. The summed E-state index contributed by atoms with van der Waals surface area (Å²) in [5.41, 5.74) is 4.11. The van der Waals surface area contributed by atoms with Crippen LogP contribution in [0.1, 0.15) is 43.1 Å². The van der Waals surface area contributed by atoms with Crippen molar-refractivity contribution in [3.63, 3.8) is 0 Å². The lowest BCUT2D eigenvalue weighted by molar-refractivity contribution is 0.0956. The summed E-state index contributed by atoms with van der Waals surface area (Å²) in [5, 5.41) is 9.84. The third kappa shape index (κ3) is 6.89. The van der Waals surface area contributed by atoms with Gasteiger partial charge in [0.05, 0.1) is 0 Å². The first-order valence-corrected chi connectivity index (χ1v) is 8.52. The molecule has 0 spiro atoms. The molecule has 2 rings (SSSR count). The summed E-state index contributed by atoms with van der Waals surface area (Å²) in [6, 6.07) is 6.25. The number of benzene rings is 1. The number of amides is 1. The molecule has 0 saturated carbocycles. The van der Waals surface area contributed by atoms with Crippen molar-refractivity contribution in [3.05, 3.63) is 41.0 Å². The first-order valence-electron chi connectivity index (χ1n) is 8.52. The van der Waals surface area contributed by atoms with Crippen LogP contribution in [0.3, 0.4) is 0 Å². The number of rotatable bonds is 6. The van der Waals surface area contributed by atoms with Gasteiger partial charge in [0, 0.05) is 30.4 Å². The van der Waals surface area contributed by atoms with Crippen LogP contribution >= 0.6 is 24.8 Å². The van der Waals surface area contributed by atoms with Crippen molar-refractivity contribution in [1.29, 1.82) is 0 Å². The van der Waals surface area contributed by atoms with Crippen molar-refractivity contribution in [1.82, 2.24) is 10.6 Å². The highest BCUT2D eigenvalue weighted by molar-refractivity contribution is 5.97.